The molecule has 3 rings (SSSR count). The van der Waals surface area contributed by atoms with Gasteiger partial charge in [0.15, 0.2) is 0 Å². The Morgan fingerprint density at radius 1 is 1.23 bits per heavy atom. The van der Waals surface area contributed by atoms with Gasteiger partial charge in [-0.05, 0) is 52.7 Å². The third-order valence-electron chi connectivity index (χ3n) is 5.01. The third-order valence-corrected chi connectivity index (χ3v) is 5.48. The fourth-order valence-electron chi connectivity index (χ4n) is 3.49. The van der Waals surface area contributed by atoms with Crippen LogP contribution in [0.15, 0.2) is 53.2 Å². The van der Waals surface area contributed by atoms with E-state index in [-0.39, 0.29) is 6.42 Å². The minimum Gasteiger partial charge on any atom is -0.469 e. The number of carbonyl (C=O) groups is 2. The molecule has 0 unspecified atom stereocenters. The summed E-state index contributed by atoms with van der Waals surface area (Å²) >= 11 is 3.28. The van der Waals surface area contributed by atoms with Gasteiger partial charge in [-0.1, -0.05) is 12.2 Å². The molecule has 3 atom stereocenters. The summed E-state index contributed by atoms with van der Waals surface area (Å²) in [5, 5.41) is 2.30. The molecule has 2 aromatic rings. The van der Waals surface area contributed by atoms with E-state index < -0.39 is 52.9 Å². The molecule has 1 N–H and O–H groups in total. The minimum absolute atomic E-state index is 0.168. The van der Waals surface area contributed by atoms with E-state index in [0.29, 0.717) is 17.8 Å². The summed E-state index contributed by atoms with van der Waals surface area (Å²) in [4.78, 5) is 29.7. The first-order valence-electron chi connectivity index (χ1n) is 9.15. The van der Waals surface area contributed by atoms with Crippen LogP contribution in [-0.2, 0) is 20.5 Å². The molecule has 0 spiro atoms. The van der Waals surface area contributed by atoms with E-state index in [1.165, 1.54) is 7.11 Å². The number of hydrogen-bond acceptors (Lipinski definition) is 4. The highest BCUT2D eigenvalue weighted by molar-refractivity contribution is 9.10. The molecule has 1 aliphatic carbocycles. The molecule has 1 heterocycles. The number of anilines is 1. The lowest BCUT2D eigenvalue weighted by atomic mass is 9.73. The fraction of sp³-hybridized carbons (Fsp3) is 0.286. The number of rotatable bonds is 4. The van der Waals surface area contributed by atoms with E-state index in [4.69, 9.17) is 4.74 Å². The van der Waals surface area contributed by atoms with Crippen molar-refractivity contribution in [2.45, 2.75) is 18.5 Å². The normalized spacial score (nSPS) is 20.9. The Kier molecular flexibility index (Phi) is 6.78. The number of nitrogens with one attached hydrogen (secondary N) is 1. The van der Waals surface area contributed by atoms with Crippen LogP contribution >= 0.6 is 15.9 Å². The van der Waals surface area contributed by atoms with Crippen molar-refractivity contribution < 1.29 is 31.9 Å². The van der Waals surface area contributed by atoms with Crippen molar-refractivity contribution in [2.75, 3.05) is 12.4 Å². The van der Waals surface area contributed by atoms with E-state index >= 15 is 0 Å². The molecular weight excluding hydrogens is 484 g/mol. The topological polar surface area (TPSA) is 68.3 Å². The lowest BCUT2D eigenvalue weighted by molar-refractivity contribution is -0.150. The first kappa shape index (κ1) is 22.9. The molecule has 1 aromatic carbocycles. The quantitative estimate of drug-likeness (QED) is 0.360. The highest BCUT2D eigenvalue weighted by Crippen LogP contribution is 2.39. The molecule has 1 aromatic heterocycles. The smallest absolute Gasteiger partial charge is 0.416 e. The Morgan fingerprint density at radius 3 is 2.55 bits per heavy atom. The number of benzene rings is 1. The summed E-state index contributed by atoms with van der Waals surface area (Å²) in [6.45, 7) is 0. The summed E-state index contributed by atoms with van der Waals surface area (Å²) in [7, 11) is 1.19. The second kappa shape index (κ2) is 9.17. The Labute approximate surface area is 183 Å². The lowest BCUT2D eigenvalue weighted by Gasteiger charge is -2.32. The highest BCUT2D eigenvalue weighted by atomic mass is 79.9. The first-order chi connectivity index (χ1) is 14.6. The Balaban J connectivity index is 1.88. The molecule has 0 bridgehead atoms. The van der Waals surface area contributed by atoms with Crippen LogP contribution in [-0.4, -0.2) is 24.0 Å². The average molecular weight is 501 g/mol. The number of pyridine rings is 1. The highest BCUT2D eigenvalue weighted by Gasteiger charge is 2.42. The summed E-state index contributed by atoms with van der Waals surface area (Å²) in [6.07, 6.45) is 0.472. The number of esters is 1. The predicted molar refractivity (Wildman–Crippen MR) is 107 cm³/mol. The van der Waals surface area contributed by atoms with Crippen molar-refractivity contribution >= 4 is 33.5 Å². The third kappa shape index (κ3) is 5.12. The van der Waals surface area contributed by atoms with E-state index in [1.807, 2.05) is 0 Å². The molecule has 1 amide bonds. The van der Waals surface area contributed by atoms with Crippen LogP contribution in [0, 0.1) is 17.7 Å². The molecule has 0 saturated heterocycles. The SMILES string of the molecule is COC(=O)[C@@H]1[C@@H](c2ccc(Br)cn2)C=CC[C@H]1C(=O)Nc1ccc(C(F)(F)F)cc1F. The van der Waals surface area contributed by atoms with Crippen LogP contribution in [0.1, 0.15) is 23.6 Å². The zero-order valence-corrected chi connectivity index (χ0v) is 17.7. The maximum Gasteiger partial charge on any atom is 0.416 e. The minimum atomic E-state index is -4.71. The number of amides is 1. The molecule has 31 heavy (non-hydrogen) atoms. The monoisotopic (exact) mass is 500 g/mol. The van der Waals surface area contributed by atoms with Crippen LogP contribution < -0.4 is 5.32 Å². The van der Waals surface area contributed by atoms with Crippen LogP contribution in [0.3, 0.4) is 0 Å². The second-order valence-corrected chi connectivity index (χ2v) is 7.84. The molecule has 0 radical (unpaired) electrons. The van der Waals surface area contributed by atoms with Crippen molar-refractivity contribution in [3.05, 3.63) is 70.2 Å². The van der Waals surface area contributed by atoms with Gasteiger partial charge in [-0.15, -0.1) is 0 Å². The van der Waals surface area contributed by atoms with Gasteiger partial charge in [0, 0.05) is 22.3 Å². The molecule has 164 valence electrons. The molecule has 0 saturated carbocycles. The average Bonchev–Trinajstić information content (AvgIpc) is 2.73. The van der Waals surface area contributed by atoms with Gasteiger partial charge < -0.3 is 10.1 Å². The van der Waals surface area contributed by atoms with E-state index in [2.05, 4.69) is 26.2 Å². The second-order valence-electron chi connectivity index (χ2n) is 6.93. The molecule has 0 fully saturated rings. The largest absolute Gasteiger partial charge is 0.469 e. The van der Waals surface area contributed by atoms with Crippen molar-refractivity contribution in [3.8, 4) is 0 Å². The van der Waals surface area contributed by atoms with Gasteiger partial charge in [0.25, 0.3) is 0 Å². The van der Waals surface area contributed by atoms with Gasteiger partial charge in [0.05, 0.1) is 30.2 Å². The number of carbonyl (C=O) groups excluding carboxylic acids is 2. The van der Waals surface area contributed by atoms with E-state index in [1.54, 1.807) is 30.5 Å². The zero-order valence-electron chi connectivity index (χ0n) is 16.1. The lowest BCUT2D eigenvalue weighted by Crippen LogP contribution is -2.39. The number of aromatic nitrogens is 1. The number of hydrogen-bond donors (Lipinski definition) is 1. The Hall–Kier alpha value is -2.75. The number of halogens is 5. The number of allylic oxidation sites excluding steroid dienone is 2. The molecule has 1 aliphatic rings. The summed E-state index contributed by atoms with van der Waals surface area (Å²) < 4.78 is 58.0. The van der Waals surface area contributed by atoms with Gasteiger partial charge in [0.1, 0.15) is 5.82 Å². The summed E-state index contributed by atoms with van der Waals surface area (Å²) in [5.74, 6) is -5.03. The molecule has 10 heteroatoms. The zero-order chi connectivity index (χ0) is 22.8. The molecule has 0 aliphatic heterocycles. The van der Waals surface area contributed by atoms with Gasteiger partial charge in [-0.25, -0.2) is 4.39 Å². The number of ether oxygens (including phenoxy) is 1. The van der Waals surface area contributed by atoms with E-state index in [0.717, 1.165) is 10.5 Å². The van der Waals surface area contributed by atoms with Crippen molar-refractivity contribution in [1.82, 2.24) is 4.98 Å². The molecular formula is C21H17BrF4N2O3. The van der Waals surface area contributed by atoms with Gasteiger partial charge >= 0.3 is 12.1 Å². The fourth-order valence-corrected chi connectivity index (χ4v) is 3.73. The van der Waals surface area contributed by atoms with Crippen LogP contribution in [0.25, 0.3) is 0 Å². The number of alkyl halides is 3. The molecule has 5 nitrogen and oxygen atoms in total. The number of nitrogens with zero attached hydrogens (tertiary/aromatic N) is 1. The van der Waals surface area contributed by atoms with Crippen LogP contribution in [0.4, 0.5) is 23.2 Å². The van der Waals surface area contributed by atoms with Crippen LogP contribution in [0.5, 0.6) is 0 Å². The summed E-state index contributed by atoms with van der Waals surface area (Å²) in [6, 6.07) is 5.26. The number of methoxy groups -OCH3 is 1. The van der Waals surface area contributed by atoms with Gasteiger partial charge in [0.2, 0.25) is 5.91 Å². The standard InChI is InChI=1S/C21H17BrF4N2O3/c1-31-20(30)18-13(16-8-6-12(22)10-27-16)3-2-4-14(18)19(29)28-17-7-5-11(9-15(17)23)21(24,25)26/h2-3,5-10,13-14,18H,4H2,1H3,(H,28,29)/t13-,14-,18-/m1/s1. The van der Waals surface area contributed by atoms with Crippen molar-refractivity contribution in [2.24, 2.45) is 11.8 Å². The van der Waals surface area contributed by atoms with Crippen LogP contribution in [0.2, 0.25) is 0 Å². The predicted octanol–water partition coefficient (Wildman–Crippen LogP) is 5.09. The van der Waals surface area contributed by atoms with Crippen molar-refractivity contribution in [3.63, 3.8) is 0 Å². The summed E-state index contributed by atoms with van der Waals surface area (Å²) in [5.41, 5.74) is -1.04. The van der Waals surface area contributed by atoms with E-state index in [9.17, 15) is 27.2 Å². The maximum absolute atomic E-state index is 14.2. The maximum atomic E-state index is 14.2. The first-order valence-corrected chi connectivity index (χ1v) is 9.94. The van der Waals surface area contributed by atoms with Gasteiger partial charge in [-0.2, -0.15) is 13.2 Å². The Morgan fingerprint density at radius 2 is 1.97 bits per heavy atom. The van der Waals surface area contributed by atoms with Crippen molar-refractivity contribution in [1.29, 1.82) is 0 Å². The Bertz CT molecular complexity index is 1010. The van der Waals surface area contributed by atoms with Gasteiger partial charge in [-0.3, -0.25) is 14.6 Å².